The van der Waals surface area contributed by atoms with Gasteiger partial charge in [0, 0.05) is 12.5 Å². The van der Waals surface area contributed by atoms with Gasteiger partial charge in [0.2, 0.25) is 0 Å². The van der Waals surface area contributed by atoms with E-state index in [2.05, 4.69) is 15.0 Å². The number of hydrogen-bond donors (Lipinski definition) is 2. The van der Waals surface area contributed by atoms with Crippen LogP contribution in [-0.2, 0) is 4.79 Å². The maximum Gasteiger partial charge on any atom is 0.303 e. The van der Waals surface area contributed by atoms with E-state index in [4.69, 9.17) is 10.8 Å². The molecule has 3 N–H and O–H groups in total. The van der Waals surface area contributed by atoms with Crippen LogP contribution in [0.3, 0.4) is 0 Å². The third kappa shape index (κ3) is 2.39. The van der Waals surface area contributed by atoms with Gasteiger partial charge in [-0.2, -0.15) is 0 Å². The first-order chi connectivity index (χ1) is 8.59. The van der Waals surface area contributed by atoms with E-state index in [9.17, 15) is 4.79 Å². The first-order valence-corrected chi connectivity index (χ1v) is 5.74. The van der Waals surface area contributed by atoms with E-state index >= 15 is 0 Å². The third-order valence-corrected chi connectivity index (χ3v) is 2.87. The van der Waals surface area contributed by atoms with Gasteiger partial charge in [-0.3, -0.25) is 4.79 Å². The smallest absolute Gasteiger partial charge is 0.303 e. The monoisotopic (exact) mass is 249 g/mol. The summed E-state index contributed by atoms with van der Waals surface area (Å²) in [5.41, 5.74) is 6.98. The SMILES string of the molecule is CC(CCCC(=O)O)n1cnc2c(N)ncnc21. The van der Waals surface area contributed by atoms with Crippen LogP contribution in [0, 0.1) is 0 Å². The molecule has 7 nitrogen and oxygen atoms in total. The van der Waals surface area contributed by atoms with Crippen molar-refractivity contribution < 1.29 is 9.90 Å². The van der Waals surface area contributed by atoms with Crippen molar-refractivity contribution >= 4 is 23.0 Å². The van der Waals surface area contributed by atoms with Gasteiger partial charge in [0.25, 0.3) is 0 Å². The Labute approximate surface area is 104 Å². The molecule has 1 atom stereocenters. The minimum Gasteiger partial charge on any atom is -0.481 e. The van der Waals surface area contributed by atoms with Gasteiger partial charge >= 0.3 is 5.97 Å². The molecule has 7 heteroatoms. The van der Waals surface area contributed by atoms with E-state index in [1.807, 2.05) is 11.5 Å². The van der Waals surface area contributed by atoms with Gasteiger partial charge in [0.15, 0.2) is 11.5 Å². The van der Waals surface area contributed by atoms with Crippen LogP contribution in [0.2, 0.25) is 0 Å². The highest BCUT2D eigenvalue weighted by Crippen LogP contribution is 2.21. The lowest BCUT2D eigenvalue weighted by Gasteiger charge is -2.12. The second-order valence-electron chi connectivity index (χ2n) is 4.22. The molecule has 1 unspecified atom stereocenters. The Bertz CT molecular complexity index is 566. The number of carboxylic acid groups (broad SMARTS) is 1. The van der Waals surface area contributed by atoms with E-state index in [-0.39, 0.29) is 12.5 Å². The van der Waals surface area contributed by atoms with Crippen molar-refractivity contribution in [3.05, 3.63) is 12.7 Å². The minimum absolute atomic E-state index is 0.128. The van der Waals surface area contributed by atoms with Crippen molar-refractivity contribution in [2.45, 2.75) is 32.2 Å². The number of aromatic nitrogens is 4. The number of carboxylic acids is 1. The fourth-order valence-corrected chi connectivity index (χ4v) is 1.88. The molecule has 2 aromatic rings. The van der Waals surface area contributed by atoms with Crippen molar-refractivity contribution in [1.29, 1.82) is 0 Å². The van der Waals surface area contributed by atoms with E-state index in [0.29, 0.717) is 23.4 Å². The van der Waals surface area contributed by atoms with Crippen molar-refractivity contribution in [3.63, 3.8) is 0 Å². The number of fused-ring (bicyclic) bond motifs is 1. The summed E-state index contributed by atoms with van der Waals surface area (Å²) in [7, 11) is 0. The van der Waals surface area contributed by atoms with Gasteiger partial charge in [-0.1, -0.05) is 0 Å². The van der Waals surface area contributed by atoms with Crippen LogP contribution in [-0.4, -0.2) is 30.6 Å². The molecule has 2 rings (SSSR count). The molecule has 96 valence electrons. The van der Waals surface area contributed by atoms with Crippen LogP contribution in [0.15, 0.2) is 12.7 Å². The highest BCUT2D eigenvalue weighted by atomic mass is 16.4. The maximum absolute atomic E-state index is 10.5. The third-order valence-electron chi connectivity index (χ3n) is 2.87. The highest BCUT2D eigenvalue weighted by molar-refractivity contribution is 5.81. The number of rotatable bonds is 5. The summed E-state index contributed by atoms with van der Waals surface area (Å²) in [6, 6.07) is 0.128. The van der Waals surface area contributed by atoms with Crippen molar-refractivity contribution in [1.82, 2.24) is 19.5 Å². The van der Waals surface area contributed by atoms with Gasteiger partial charge in [0.05, 0.1) is 6.33 Å². The lowest BCUT2D eigenvalue weighted by atomic mass is 10.1. The Morgan fingerprint density at radius 2 is 2.28 bits per heavy atom. The summed E-state index contributed by atoms with van der Waals surface area (Å²) < 4.78 is 1.90. The highest BCUT2D eigenvalue weighted by Gasteiger charge is 2.12. The molecular weight excluding hydrogens is 234 g/mol. The zero-order valence-electron chi connectivity index (χ0n) is 10.1. The van der Waals surface area contributed by atoms with Crippen LogP contribution in [0.1, 0.15) is 32.2 Å². The maximum atomic E-state index is 10.5. The quantitative estimate of drug-likeness (QED) is 0.825. The van der Waals surface area contributed by atoms with E-state index < -0.39 is 5.97 Å². The summed E-state index contributed by atoms with van der Waals surface area (Å²) in [6.07, 6.45) is 4.62. The molecule has 0 spiro atoms. The average molecular weight is 249 g/mol. The number of carbonyl (C=O) groups is 1. The summed E-state index contributed by atoms with van der Waals surface area (Å²) in [5.74, 6) is -0.416. The summed E-state index contributed by atoms with van der Waals surface area (Å²) >= 11 is 0. The van der Waals surface area contributed by atoms with Gasteiger partial charge in [0.1, 0.15) is 11.8 Å². The second kappa shape index (κ2) is 4.99. The first kappa shape index (κ1) is 12.3. The summed E-state index contributed by atoms with van der Waals surface area (Å²) in [5, 5.41) is 8.61. The lowest BCUT2D eigenvalue weighted by molar-refractivity contribution is -0.137. The molecule has 0 aromatic carbocycles. The zero-order chi connectivity index (χ0) is 13.1. The molecule has 0 aliphatic rings. The Kier molecular flexibility index (Phi) is 3.40. The Hall–Kier alpha value is -2.18. The number of anilines is 1. The van der Waals surface area contributed by atoms with E-state index in [0.717, 1.165) is 6.42 Å². The van der Waals surface area contributed by atoms with Crippen LogP contribution < -0.4 is 5.73 Å². The van der Waals surface area contributed by atoms with Gasteiger partial charge in [-0.15, -0.1) is 0 Å². The number of aliphatic carboxylic acids is 1. The van der Waals surface area contributed by atoms with Crippen molar-refractivity contribution in [2.24, 2.45) is 0 Å². The van der Waals surface area contributed by atoms with Gasteiger partial charge in [-0.25, -0.2) is 15.0 Å². The molecule has 2 heterocycles. The predicted octanol–water partition coefficient (Wildman–Crippen LogP) is 1.22. The second-order valence-corrected chi connectivity index (χ2v) is 4.22. The predicted molar refractivity (Wildman–Crippen MR) is 65.9 cm³/mol. The van der Waals surface area contributed by atoms with Crippen molar-refractivity contribution in [3.8, 4) is 0 Å². The Balaban J connectivity index is 2.15. The molecule has 18 heavy (non-hydrogen) atoms. The van der Waals surface area contributed by atoms with Crippen LogP contribution in [0.25, 0.3) is 11.2 Å². The molecule has 0 aliphatic heterocycles. The number of nitrogen functional groups attached to an aromatic ring is 1. The van der Waals surface area contributed by atoms with Crippen LogP contribution in [0.4, 0.5) is 5.82 Å². The number of nitrogens with two attached hydrogens (primary N) is 1. The number of nitrogens with zero attached hydrogens (tertiary/aromatic N) is 4. The summed E-state index contributed by atoms with van der Waals surface area (Å²) in [4.78, 5) is 22.7. The van der Waals surface area contributed by atoms with Crippen LogP contribution >= 0.6 is 0 Å². The van der Waals surface area contributed by atoms with Crippen LogP contribution in [0.5, 0.6) is 0 Å². The molecule has 0 bridgehead atoms. The van der Waals surface area contributed by atoms with E-state index in [1.165, 1.54) is 6.33 Å². The standard InChI is InChI=1S/C11H15N5O2/c1-7(3-2-4-8(17)18)16-6-15-9-10(12)13-5-14-11(9)16/h5-7H,2-4H2,1H3,(H,17,18)(H2,12,13,14). The molecule has 0 saturated carbocycles. The number of imidazole rings is 1. The fourth-order valence-electron chi connectivity index (χ4n) is 1.88. The zero-order valence-corrected chi connectivity index (χ0v) is 10.1. The van der Waals surface area contributed by atoms with E-state index in [1.54, 1.807) is 6.33 Å². The lowest BCUT2D eigenvalue weighted by Crippen LogP contribution is -2.06. The molecular formula is C11H15N5O2. The average Bonchev–Trinajstić information content (AvgIpc) is 2.73. The molecule has 2 aromatic heterocycles. The Morgan fingerprint density at radius 1 is 1.50 bits per heavy atom. The normalized spacial score (nSPS) is 12.7. The largest absolute Gasteiger partial charge is 0.481 e. The number of hydrogen-bond acceptors (Lipinski definition) is 5. The topological polar surface area (TPSA) is 107 Å². The Morgan fingerprint density at radius 3 is 3.00 bits per heavy atom. The minimum atomic E-state index is -0.774. The molecule has 0 fully saturated rings. The summed E-state index contributed by atoms with van der Waals surface area (Å²) in [6.45, 7) is 2.00. The fraction of sp³-hybridized carbons (Fsp3) is 0.455. The van der Waals surface area contributed by atoms with Gasteiger partial charge < -0.3 is 15.4 Å². The molecule has 0 radical (unpaired) electrons. The van der Waals surface area contributed by atoms with Crippen molar-refractivity contribution in [2.75, 3.05) is 5.73 Å². The first-order valence-electron chi connectivity index (χ1n) is 5.74. The van der Waals surface area contributed by atoms with Gasteiger partial charge in [-0.05, 0) is 19.8 Å². The molecule has 0 amide bonds. The molecule has 0 aliphatic carbocycles. The molecule has 0 saturated heterocycles.